The van der Waals surface area contributed by atoms with Crippen LogP contribution < -0.4 is 5.32 Å². The summed E-state index contributed by atoms with van der Waals surface area (Å²) in [6, 6.07) is 9.68. The van der Waals surface area contributed by atoms with Crippen molar-refractivity contribution in [2.24, 2.45) is 0 Å². The van der Waals surface area contributed by atoms with E-state index in [-0.39, 0.29) is 5.91 Å². The molecule has 3 rings (SSSR count). The first kappa shape index (κ1) is 13.4. The number of carbonyl (C=O) groups excluding carboxylic acids is 1. The van der Waals surface area contributed by atoms with Gasteiger partial charge >= 0.3 is 0 Å². The Morgan fingerprint density at radius 3 is 2.86 bits per heavy atom. The van der Waals surface area contributed by atoms with Gasteiger partial charge in [0, 0.05) is 13.1 Å². The summed E-state index contributed by atoms with van der Waals surface area (Å²) in [6.07, 6.45) is 1.53. The number of hydrogen-bond donors (Lipinski definition) is 1. The monoisotopic (exact) mass is 283 g/mol. The lowest BCUT2D eigenvalue weighted by Crippen LogP contribution is -2.27. The maximum Gasteiger partial charge on any atom is 0.254 e. The number of rotatable bonds is 4. The second-order valence-corrected chi connectivity index (χ2v) is 4.95. The fraction of sp³-hybridized carbons (Fsp3) is 0.250. The van der Waals surface area contributed by atoms with Crippen molar-refractivity contribution in [3.05, 3.63) is 53.7 Å². The SMILES string of the molecule is Cc1occc1C(=O)NCCn1c(C)nc2ccccc21. The van der Waals surface area contributed by atoms with Gasteiger partial charge in [0.2, 0.25) is 0 Å². The zero-order chi connectivity index (χ0) is 14.8. The fourth-order valence-electron chi connectivity index (χ4n) is 2.48. The number of benzene rings is 1. The van der Waals surface area contributed by atoms with Crippen LogP contribution in [0.1, 0.15) is 21.9 Å². The summed E-state index contributed by atoms with van der Waals surface area (Å²) in [7, 11) is 0. The topological polar surface area (TPSA) is 60.1 Å². The number of imidazole rings is 1. The highest BCUT2D eigenvalue weighted by atomic mass is 16.3. The van der Waals surface area contributed by atoms with E-state index in [0.717, 1.165) is 16.9 Å². The number of carbonyl (C=O) groups is 1. The number of nitrogens with one attached hydrogen (secondary N) is 1. The highest BCUT2D eigenvalue weighted by molar-refractivity contribution is 5.95. The molecule has 0 unspecified atom stereocenters. The van der Waals surface area contributed by atoms with Crippen molar-refractivity contribution in [1.29, 1.82) is 0 Å². The Morgan fingerprint density at radius 1 is 1.29 bits per heavy atom. The Balaban J connectivity index is 1.69. The molecule has 0 fully saturated rings. The fourth-order valence-corrected chi connectivity index (χ4v) is 2.48. The summed E-state index contributed by atoms with van der Waals surface area (Å²) in [6.45, 7) is 4.99. The number of nitrogens with zero attached hydrogens (tertiary/aromatic N) is 2. The van der Waals surface area contributed by atoms with Gasteiger partial charge in [-0.1, -0.05) is 12.1 Å². The molecule has 0 bridgehead atoms. The number of hydrogen-bond acceptors (Lipinski definition) is 3. The molecule has 108 valence electrons. The summed E-state index contributed by atoms with van der Waals surface area (Å²) in [5.41, 5.74) is 2.65. The zero-order valence-corrected chi connectivity index (χ0v) is 12.1. The molecular formula is C16H17N3O2. The largest absolute Gasteiger partial charge is 0.469 e. The zero-order valence-electron chi connectivity index (χ0n) is 12.1. The molecule has 5 heteroatoms. The van der Waals surface area contributed by atoms with Crippen LogP contribution >= 0.6 is 0 Å². The summed E-state index contributed by atoms with van der Waals surface area (Å²) >= 11 is 0. The van der Waals surface area contributed by atoms with Gasteiger partial charge in [-0.3, -0.25) is 4.79 Å². The van der Waals surface area contributed by atoms with Crippen LogP contribution in [0.4, 0.5) is 0 Å². The molecule has 0 saturated carbocycles. The molecular weight excluding hydrogens is 266 g/mol. The highest BCUT2D eigenvalue weighted by Gasteiger charge is 2.11. The third kappa shape index (κ3) is 2.54. The number of amides is 1. The predicted molar refractivity (Wildman–Crippen MR) is 80.2 cm³/mol. The van der Waals surface area contributed by atoms with Gasteiger partial charge in [0.05, 0.1) is 22.9 Å². The van der Waals surface area contributed by atoms with E-state index < -0.39 is 0 Å². The van der Waals surface area contributed by atoms with Gasteiger partial charge in [-0.05, 0) is 32.0 Å². The summed E-state index contributed by atoms with van der Waals surface area (Å²) in [5, 5.41) is 2.91. The van der Waals surface area contributed by atoms with E-state index in [2.05, 4.69) is 14.9 Å². The molecule has 1 aromatic carbocycles. The molecule has 3 aromatic rings. The van der Waals surface area contributed by atoms with Crippen molar-refractivity contribution in [3.63, 3.8) is 0 Å². The molecule has 0 saturated heterocycles. The van der Waals surface area contributed by atoms with Crippen LogP contribution in [0.5, 0.6) is 0 Å². The van der Waals surface area contributed by atoms with Crippen molar-refractivity contribution in [1.82, 2.24) is 14.9 Å². The van der Waals surface area contributed by atoms with E-state index in [1.165, 1.54) is 6.26 Å². The molecule has 0 aliphatic carbocycles. The minimum atomic E-state index is -0.108. The maximum atomic E-state index is 12.0. The molecule has 1 N–H and O–H groups in total. The third-order valence-electron chi connectivity index (χ3n) is 3.57. The van der Waals surface area contributed by atoms with Crippen LogP contribution in [0, 0.1) is 13.8 Å². The smallest absolute Gasteiger partial charge is 0.254 e. The van der Waals surface area contributed by atoms with Gasteiger partial charge in [0.15, 0.2) is 0 Å². The van der Waals surface area contributed by atoms with Crippen LogP contribution in [0.3, 0.4) is 0 Å². The van der Waals surface area contributed by atoms with Gasteiger partial charge in [0.1, 0.15) is 11.6 Å². The lowest BCUT2D eigenvalue weighted by atomic mass is 10.2. The van der Waals surface area contributed by atoms with Crippen LogP contribution in [0.2, 0.25) is 0 Å². The molecule has 0 spiro atoms. The summed E-state index contributed by atoms with van der Waals surface area (Å²) in [4.78, 5) is 16.5. The molecule has 5 nitrogen and oxygen atoms in total. The van der Waals surface area contributed by atoms with Gasteiger partial charge in [-0.2, -0.15) is 0 Å². The van der Waals surface area contributed by atoms with Crippen LogP contribution in [-0.4, -0.2) is 22.0 Å². The van der Waals surface area contributed by atoms with Gasteiger partial charge in [-0.15, -0.1) is 0 Å². The van der Waals surface area contributed by atoms with Crippen molar-refractivity contribution in [2.75, 3.05) is 6.54 Å². The minimum Gasteiger partial charge on any atom is -0.469 e. The quantitative estimate of drug-likeness (QED) is 0.800. The first-order chi connectivity index (χ1) is 10.2. The predicted octanol–water partition coefficient (Wildman–Crippen LogP) is 2.68. The Bertz CT molecular complexity index is 786. The first-order valence-electron chi connectivity index (χ1n) is 6.91. The highest BCUT2D eigenvalue weighted by Crippen LogP contribution is 2.15. The third-order valence-corrected chi connectivity index (χ3v) is 3.57. The van der Waals surface area contributed by atoms with Crippen molar-refractivity contribution < 1.29 is 9.21 Å². The molecule has 21 heavy (non-hydrogen) atoms. The van der Waals surface area contributed by atoms with E-state index in [1.54, 1.807) is 13.0 Å². The molecule has 0 aliphatic rings. The average Bonchev–Trinajstić information content (AvgIpc) is 3.03. The second-order valence-electron chi connectivity index (χ2n) is 4.95. The second kappa shape index (κ2) is 5.44. The Hall–Kier alpha value is -2.56. The molecule has 0 atom stereocenters. The molecule has 2 heterocycles. The number of para-hydroxylation sites is 2. The Morgan fingerprint density at radius 2 is 2.10 bits per heavy atom. The first-order valence-corrected chi connectivity index (χ1v) is 6.91. The van der Waals surface area contributed by atoms with Gasteiger partial charge < -0.3 is 14.3 Å². The molecule has 1 amide bonds. The van der Waals surface area contributed by atoms with E-state index in [0.29, 0.717) is 24.4 Å². The van der Waals surface area contributed by atoms with Gasteiger partial charge in [-0.25, -0.2) is 4.98 Å². The number of furan rings is 1. The summed E-state index contributed by atoms with van der Waals surface area (Å²) in [5.74, 6) is 1.48. The average molecular weight is 283 g/mol. The lowest BCUT2D eigenvalue weighted by Gasteiger charge is -2.08. The van der Waals surface area contributed by atoms with Crippen molar-refractivity contribution in [2.45, 2.75) is 20.4 Å². The van der Waals surface area contributed by atoms with Gasteiger partial charge in [0.25, 0.3) is 5.91 Å². The van der Waals surface area contributed by atoms with E-state index in [4.69, 9.17) is 4.42 Å². The standard InChI is InChI=1S/C16H17N3O2/c1-11-13(7-10-21-11)16(20)17-8-9-19-12(2)18-14-5-3-4-6-15(14)19/h3-7,10H,8-9H2,1-2H3,(H,17,20). The lowest BCUT2D eigenvalue weighted by molar-refractivity contribution is 0.0951. The number of fused-ring (bicyclic) bond motifs is 1. The molecule has 0 aliphatic heterocycles. The van der Waals surface area contributed by atoms with E-state index in [1.807, 2.05) is 31.2 Å². The number of aryl methyl sites for hydroxylation is 2. The summed E-state index contributed by atoms with van der Waals surface area (Å²) < 4.78 is 7.25. The van der Waals surface area contributed by atoms with E-state index in [9.17, 15) is 4.79 Å². The molecule has 2 aromatic heterocycles. The minimum absolute atomic E-state index is 0.108. The normalized spacial score (nSPS) is 11.0. The van der Waals surface area contributed by atoms with Crippen LogP contribution in [0.15, 0.2) is 41.0 Å². The molecule has 0 radical (unpaired) electrons. The van der Waals surface area contributed by atoms with Crippen molar-refractivity contribution in [3.8, 4) is 0 Å². The van der Waals surface area contributed by atoms with Crippen molar-refractivity contribution >= 4 is 16.9 Å². The Labute approximate surface area is 122 Å². The number of aromatic nitrogens is 2. The van der Waals surface area contributed by atoms with E-state index >= 15 is 0 Å². The maximum absolute atomic E-state index is 12.0. The van der Waals surface area contributed by atoms with Crippen LogP contribution in [0.25, 0.3) is 11.0 Å². The van der Waals surface area contributed by atoms with Crippen LogP contribution in [-0.2, 0) is 6.54 Å². The Kier molecular flexibility index (Phi) is 3.48.